The molecule has 0 saturated carbocycles. The highest BCUT2D eigenvalue weighted by Crippen LogP contribution is 2.36. The van der Waals surface area contributed by atoms with Crippen LogP contribution < -0.4 is 10.6 Å². The second-order valence-electron chi connectivity index (χ2n) is 4.74. The van der Waals surface area contributed by atoms with Crippen molar-refractivity contribution in [3.63, 3.8) is 0 Å². The van der Waals surface area contributed by atoms with Crippen LogP contribution in [0.4, 0.5) is 18.9 Å². The first-order valence-corrected chi connectivity index (χ1v) is 7.43. The van der Waals surface area contributed by atoms with E-state index in [-0.39, 0.29) is 30.6 Å². The minimum atomic E-state index is -4.44. The third kappa shape index (κ3) is 5.95. The Hall–Kier alpha value is -1.24. The number of benzene rings is 1. The van der Waals surface area contributed by atoms with Crippen molar-refractivity contribution < 1.29 is 18.0 Å². The normalized spacial score (nSPS) is 12.9. The van der Waals surface area contributed by atoms with Gasteiger partial charge in [-0.15, -0.1) is 0 Å². The molecule has 2 N–H and O–H groups in total. The van der Waals surface area contributed by atoms with E-state index in [0.29, 0.717) is 4.47 Å². The summed E-state index contributed by atoms with van der Waals surface area (Å²) in [5.74, 6) is -0.178. The summed E-state index contributed by atoms with van der Waals surface area (Å²) < 4.78 is 39.0. The lowest BCUT2D eigenvalue weighted by Gasteiger charge is -2.15. The number of alkyl halides is 3. The quantitative estimate of drug-likeness (QED) is 0.792. The molecule has 0 heterocycles. The molecular formula is C14H18BrF3N2O. The van der Waals surface area contributed by atoms with Crippen molar-refractivity contribution >= 4 is 27.5 Å². The van der Waals surface area contributed by atoms with Crippen LogP contribution in [0.15, 0.2) is 22.7 Å². The largest absolute Gasteiger partial charge is 0.418 e. The van der Waals surface area contributed by atoms with E-state index in [1.807, 2.05) is 13.8 Å². The summed E-state index contributed by atoms with van der Waals surface area (Å²) in [4.78, 5) is 11.6. The average Bonchev–Trinajstić information content (AvgIpc) is 2.39. The van der Waals surface area contributed by atoms with E-state index >= 15 is 0 Å². The van der Waals surface area contributed by atoms with E-state index < -0.39 is 11.7 Å². The van der Waals surface area contributed by atoms with Gasteiger partial charge in [-0.1, -0.05) is 22.9 Å². The van der Waals surface area contributed by atoms with Crippen LogP contribution in [0.1, 0.15) is 32.3 Å². The van der Waals surface area contributed by atoms with Crippen LogP contribution in [0.25, 0.3) is 0 Å². The molecule has 0 spiro atoms. The van der Waals surface area contributed by atoms with Gasteiger partial charge in [0, 0.05) is 29.2 Å². The average molecular weight is 367 g/mol. The lowest BCUT2D eigenvalue weighted by molar-refractivity contribution is -0.137. The standard InChI is InChI=1S/C14H18BrF3N2O/c1-3-9(2)20-13(21)6-7-19-12-5-4-10(15)8-11(12)14(16,17)18/h4-5,8-9,19H,3,6-7H2,1-2H3,(H,20,21). The zero-order chi connectivity index (χ0) is 16.0. The van der Waals surface area contributed by atoms with E-state index in [1.165, 1.54) is 12.1 Å². The molecule has 21 heavy (non-hydrogen) atoms. The van der Waals surface area contributed by atoms with Crippen molar-refractivity contribution in [1.29, 1.82) is 0 Å². The predicted molar refractivity (Wildman–Crippen MR) is 80.1 cm³/mol. The summed E-state index contributed by atoms with van der Waals surface area (Å²) in [5.41, 5.74) is -0.777. The van der Waals surface area contributed by atoms with Gasteiger partial charge in [0.2, 0.25) is 5.91 Å². The summed E-state index contributed by atoms with van der Waals surface area (Å²) in [6.45, 7) is 3.97. The molecule has 0 aliphatic rings. The van der Waals surface area contributed by atoms with E-state index in [1.54, 1.807) is 0 Å². The first kappa shape index (κ1) is 17.8. The SMILES string of the molecule is CCC(C)NC(=O)CCNc1ccc(Br)cc1C(F)(F)F. The van der Waals surface area contributed by atoms with E-state index in [2.05, 4.69) is 26.6 Å². The molecular weight excluding hydrogens is 349 g/mol. The smallest absolute Gasteiger partial charge is 0.384 e. The second-order valence-corrected chi connectivity index (χ2v) is 5.66. The number of rotatable bonds is 6. The number of carbonyl (C=O) groups is 1. The zero-order valence-corrected chi connectivity index (χ0v) is 13.4. The molecule has 1 unspecified atom stereocenters. The van der Waals surface area contributed by atoms with Gasteiger partial charge in [-0.2, -0.15) is 13.2 Å². The molecule has 0 bridgehead atoms. The fourth-order valence-corrected chi connectivity index (χ4v) is 2.03. The molecule has 0 saturated heterocycles. The first-order chi connectivity index (χ1) is 9.74. The van der Waals surface area contributed by atoms with Gasteiger partial charge in [0.25, 0.3) is 0 Å². The molecule has 118 valence electrons. The lowest BCUT2D eigenvalue weighted by Crippen LogP contribution is -2.33. The number of amides is 1. The number of nitrogens with one attached hydrogen (secondary N) is 2. The van der Waals surface area contributed by atoms with Gasteiger partial charge < -0.3 is 10.6 Å². The number of anilines is 1. The molecule has 0 aromatic heterocycles. The molecule has 0 fully saturated rings. The molecule has 1 atom stereocenters. The molecule has 1 amide bonds. The van der Waals surface area contributed by atoms with E-state index in [0.717, 1.165) is 12.5 Å². The molecule has 1 aromatic rings. The van der Waals surface area contributed by atoms with Crippen LogP contribution in [0.2, 0.25) is 0 Å². The Kier molecular flexibility index (Phi) is 6.51. The third-order valence-corrected chi connectivity index (χ3v) is 3.47. The van der Waals surface area contributed by atoms with Crippen LogP contribution in [-0.4, -0.2) is 18.5 Å². The molecule has 0 radical (unpaired) electrons. The van der Waals surface area contributed by atoms with Crippen LogP contribution in [0, 0.1) is 0 Å². The number of halogens is 4. The summed E-state index contributed by atoms with van der Waals surface area (Å²) in [6.07, 6.45) is -3.51. The Labute approximate surface area is 130 Å². The number of hydrogen-bond acceptors (Lipinski definition) is 2. The minimum absolute atomic E-state index is 0.0259. The van der Waals surface area contributed by atoms with Crippen LogP contribution in [-0.2, 0) is 11.0 Å². The van der Waals surface area contributed by atoms with Crippen LogP contribution in [0.3, 0.4) is 0 Å². The molecule has 0 aliphatic heterocycles. The highest BCUT2D eigenvalue weighted by molar-refractivity contribution is 9.10. The van der Waals surface area contributed by atoms with Crippen molar-refractivity contribution in [2.24, 2.45) is 0 Å². The maximum absolute atomic E-state index is 12.9. The highest BCUT2D eigenvalue weighted by atomic mass is 79.9. The molecule has 1 aromatic carbocycles. The fourth-order valence-electron chi connectivity index (χ4n) is 1.66. The summed E-state index contributed by atoms with van der Waals surface area (Å²) in [6, 6.07) is 3.95. The second kappa shape index (κ2) is 7.68. The Morgan fingerprint density at radius 1 is 1.38 bits per heavy atom. The van der Waals surface area contributed by atoms with Crippen molar-refractivity contribution in [2.45, 2.75) is 38.9 Å². The zero-order valence-electron chi connectivity index (χ0n) is 11.9. The van der Waals surface area contributed by atoms with Crippen LogP contribution >= 0.6 is 15.9 Å². The predicted octanol–water partition coefficient (Wildman–Crippen LogP) is 4.18. The lowest BCUT2D eigenvalue weighted by atomic mass is 10.1. The van der Waals surface area contributed by atoms with Crippen molar-refractivity contribution in [3.8, 4) is 0 Å². The molecule has 3 nitrogen and oxygen atoms in total. The van der Waals surface area contributed by atoms with Crippen molar-refractivity contribution in [2.75, 3.05) is 11.9 Å². The van der Waals surface area contributed by atoms with Crippen molar-refractivity contribution in [1.82, 2.24) is 5.32 Å². The summed E-state index contributed by atoms with van der Waals surface area (Å²) >= 11 is 3.02. The Bertz CT molecular complexity index is 492. The number of hydrogen-bond donors (Lipinski definition) is 2. The Morgan fingerprint density at radius 2 is 2.05 bits per heavy atom. The molecule has 7 heteroatoms. The third-order valence-electron chi connectivity index (χ3n) is 2.97. The first-order valence-electron chi connectivity index (χ1n) is 6.64. The summed E-state index contributed by atoms with van der Waals surface area (Å²) in [5, 5.41) is 5.43. The summed E-state index contributed by atoms with van der Waals surface area (Å²) in [7, 11) is 0. The van der Waals surface area contributed by atoms with Crippen LogP contribution in [0.5, 0.6) is 0 Å². The van der Waals surface area contributed by atoms with Gasteiger partial charge in [0.15, 0.2) is 0 Å². The van der Waals surface area contributed by atoms with E-state index in [4.69, 9.17) is 0 Å². The monoisotopic (exact) mass is 366 g/mol. The molecule has 0 aliphatic carbocycles. The Balaban J connectivity index is 2.62. The minimum Gasteiger partial charge on any atom is -0.384 e. The topological polar surface area (TPSA) is 41.1 Å². The number of carbonyl (C=O) groups excluding carboxylic acids is 1. The van der Waals surface area contributed by atoms with Gasteiger partial charge in [-0.25, -0.2) is 0 Å². The van der Waals surface area contributed by atoms with Gasteiger partial charge in [0.05, 0.1) is 5.56 Å². The fraction of sp³-hybridized carbons (Fsp3) is 0.500. The van der Waals surface area contributed by atoms with Gasteiger partial charge in [0.1, 0.15) is 0 Å². The molecule has 1 rings (SSSR count). The van der Waals surface area contributed by atoms with Gasteiger partial charge in [-0.3, -0.25) is 4.79 Å². The maximum atomic E-state index is 12.9. The van der Waals surface area contributed by atoms with Gasteiger partial charge >= 0.3 is 6.18 Å². The Morgan fingerprint density at radius 3 is 2.62 bits per heavy atom. The van der Waals surface area contributed by atoms with Crippen molar-refractivity contribution in [3.05, 3.63) is 28.2 Å². The maximum Gasteiger partial charge on any atom is 0.418 e. The van der Waals surface area contributed by atoms with Gasteiger partial charge in [-0.05, 0) is 31.5 Å². The highest BCUT2D eigenvalue weighted by Gasteiger charge is 2.33. The van der Waals surface area contributed by atoms with E-state index in [9.17, 15) is 18.0 Å².